The van der Waals surface area contributed by atoms with Gasteiger partial charge in [-0.05, 0) is 118 Å². The van der Waals surface area contributed by atoms with Gasteiger partial charge in [0.15, 0.2) is 0 Å². The number of para-hydroxylation sites is 1. The Kier molecular flexibility index (Phi) is 5.83. The van der Waals surface area contributed by atoms with E-state index in [0.717, 1.165) is 44.4 Å². The fourth-order valence-electron chi connectivity index (χ4n) is 7.65. The van der Waals surface area contributed by atoms with Crippen molar-refractivity contribution >= 4 is 97.6 Å². The number of nitrogens with zero attached hydrogens (tertiary/aromatic N) is 2. The average Bonchev–Trinajstić information content (AvgIpc) is 3.86. The topological polar surface area (TPSA) is 20.8 Å². The number of anilines is 3. The Bertz CT molecular complexity index is 2920. The van der Waals surface area contributed by atoms with Gasteiger partial charge in [-0.3, -0.25) is 0 Å². The van der Waals surface area contributed by atoms with Crippen LogP contribution < -0.4 is 4.90 Å². The lowest BCUT2D eigenvalue weighted by atomic mass is 10.0. The van der Waals surface area contributed by atoms with Crippen molar-refractivity contribution in [1.29, 1.82) is 0 Å². The van der Waals surface area contributed by atoms with Crippen LogP contribution in [0.15, 0.2) is 175 Å². The van der Waals surface area contributed by atoms with Gasteiger partial charge < -0.3 is 13.7 Å². The van der Waals surface area contributed by atoms with Crippen LogP contribution in [0.2, 0.25) is 0 Å². The maximum atomic E-state index is 6.22. The molecule has 0 amide bonds. The minimum atomic E-state index is 0.916. The Hall–Kier alpha value is -6.36. The lowest BCUT2D eigenvalue weighted by Gasteiger charge is -2.26. The number of pyridine rings is 1. The molecule has 0 fully saturated rings. The molecule has 0 aliphatic heterocycles. The first-order valence-electron chi connectivity index (χ1n) is 16.9. The van der Waals surface area contributed by atoms with Crippen molar-refractivity contribution in [1.82, 2.24) is 4.40 Å². The van der Waals surface area contributed by atoms with Crippen LogP contribution in [0.5, 0.6) is 0 Å². The van der Waals surface area contributed by atoms with Crippen LogP contribution in [0.1, 0.15) is 0 Å². The summed E-state index contributed by atoms with van der Waals surface area (Å²) >= 11 is 1.87. The zero-order valence-electron chi connectivity index (χ0n) is 26.9. The molecule has 11 rings (SSSR count). The highest BCUT2D eigenvalue weighted by Crippen LogP contribution is 2.42. The van der Waals surface area contributed by atoms with Gasteiger partial charge in [0.05, 0.1) is 0 Å². The molecule has 0 saturated heterocycles. The summed E-state index contributed by atoms with van der Waals surface area (Å²) in [6.07, 6.45) is 4.30. The van der Waals surface area contributed by atoms with E-state index in [1.165, 1.54) is 53.0 Å². The van der Waals surface area contributed by atoms with Crippen LogP contribution in [0.3, 0.4) is 0 Å². The molecular formula is C46H28N2OS. The first-order chi connectivity index (χ1) is 24.7. The molecule has 3 nitrogen and oxygen atoms in total. The van der Waals surface area contributed by atoms with Crippen LogP contribution in [-0.4, -0.2) is 4.40 Å². The summed E-state index contributed by atoms with van der Waals surface area (Å²) in [6, 6.07) is 57.3. The highest BCUT2D eigenvalue weighted by atomic mass is 32.1. The van der Waals surface area contributed by atoms with Gasteiger partial charge in [-0.25, -0.2) is 0 Å². The number of aromatic nitrogens is 1. The van der Waals surface area contributed by atoms with Crippen LogP contribution in [0, 0.1) is 0 Å². The molecule has 0 unspecified atom stereocenters. The van der Waals surface area contributed by atoms with E-state index in [2.05, 4.69) is 167 Å². The molecule has 0 bridgehead atoms. The van der Waals surface area contributed by atoms with Crippen LogP contribution >= 0.6 is 11.3 Å². The summed E-state index contributed by atoms with van der Waals surface area (Å²) in [6.45, 7) is 0. The molecule has 0 radical (unpaired) electrons. The second-order valence-electron chi connectivity index (χ2n) is 13.1. The molecule has 0 saturated carbocycles. The number of fused-ring (bicyclic) bond motifs is 9. The lowest BCUT2D eigenvalue weighted by Crippen LogP contribution is -2.09. The SMILES string of the molecule is c1ccc2c(c1)oc1cc3ccc(N(c4ccc(-c5cc6ccccn6c5)cc4)c4ccc5cc6sc7ccccc7c6cc5c4)cc3cc12. The molecule has 11 aromatic rings. The molecule has 50 heavy (non-hydrogen) atoms. The van der Waals surface area contributed by atoms with Gasteiger partial charge in [-0.15, -0.1) is 11.3 Å². The minimum absolute atomic E-state index is 0.916. The average molecular weight is 657 g/mol. The maximum absolute atomic E-state index is 6.22. The normalized spacial score (nSPS) is 12.0. The number of hydrogen-bond donors (Lipinski definition) is 0. The molecule has 0 atom stereocenters. The fraction of sp³-hybridized carbons (Fsp3) is 0. The Labute approximate surface area is 291 Å². The molecule has 234 valence electrons. The van der Waals surface area contributed by atoms with Gasteiger partial charge in [0.25, 0.3) is 0 Å². The zero-order valence-corrected chi connectivity index (χ0v) is 27.7. The van der Waals surface area contributed by atoms with E-state index < -0.39 is 0 Å². The molecule has 4 aromatic heterocycles. The van der Waals surface area contributed by atoms with Gasteiger partial charge >= 0.3 is 0 Å². The van der Waals surface area contributed by atoms with Crippen molar-refractivity contribution in [3.63, 3.8) is 0 Å². The summed E-state index contributed by atoms with van der Waals surface area (Å²) in [5.74, 6) is 0. The molecule has 4 heterocycles. The third kappa shape index (κ3) is 4.29. The van der Waals surface area contributed by atoms with E-state index in [4.69, 9.17) is 4.42 Å². The van der Waals surface area contributed by atoms with Crippen molar-refractivity contribution in [3.05, 3.63) is 170 Å². The van der Waals surface area contributed by atoms with Crippen LogP contribution in [0.4, 0.5) is 17.1 Å². The van der Waals surface area contributed by atoms with E-state index in [-0.39, 0.29) is 0 Å². The van der Waals surface area contributed by atoms with Crippen molar-refractivity contribution in [3.8, 4) is 11.1 Å². The van der Waals surface area contributed by atoms with Crippen molar-refractivity contribution in [2.45, 2.75) is 0 Å². The molecule has 7 aromatic carbocycles. The predicted octanol–water partition coefficient (Wildman–Crippen LogP) is 13.6. The standard InChI is InChI=1S/C46H28N2OS/c1-3-10-43-39(8-1)41-24-32-21-37(18-14-30(32)26-44(41)49-43)48(35-16-12-29(13-17-35)34-23-36-7-5-6-20-47(36)28-34)38-19-15-31-27-46-42(25-33(31)22-38)40-9-2-4-11-45(40)50-46/h1-28H. The Morgan fingerprint density at radius 3 is 1.96 bits per heavy atom. The second-order valence-corrected chi connectivity index (χ2v) is 14.2. The fourth-order valence-corrected chi connectivity index (χ4v) is 8.79. The summed E-state index contributed by atoms with van der Waals surface area (Å²) in [5, 5.41) is 9.72. The van der Waals surface area contributed by atoms with Gasteiger partial charge in [0.2, 0.25) is 0 Å². The number of hydrogen-bond acceptors (Lipinski definition) is 3. The first kappa shape index (κ1) is 27.6. The lowest BCUT2D eigenvalue weighted by molar-refractivity contribution is 0.669. The Morgan fingerprint density at radius 1 is 0.440 bits per heavy atom. The highest BCUT2D eigenvalue weighted by Gasteiger charge is 2.17. The summed E-state index contributed by atoms with van der Waals surface area (Å²) < 4.78 is 11.0. The minimum Gasteiger partial charge on any atom is -0.456 e. The van der Waals surface area contributed by atoms with Gasteiger partial charge in [0, 0.05) is 71.5 Å². The molecule has 0 spiro atoms. The van der Waals surface area contributed by atoms with E-state index in [1.54, 1.807) is 0 Å². The zero-order chi connectivity index (χ0) is 32.8. The predicted molar refractivity (Wildman–Crippen MR) is 213 cm³/mol. The Morgan fingerprint density at radius 2 is 1.14 bits per heavy atom. The molecular weight excluding hydrogens is 629 g/mol. The van der Waals surface area contributed by atoms with E-state index in [0.29, 0.717) is 0 Å². The van der Waals surface area contributed by atoms with E-state index in [9.17, 15) is 0 Å². The summed E-state index contributed by atoms with van der Waals surface area (Å²) in [7, 11) is 0. The first-order valence-corrected chi connectivity index (χ1v) is 17.7. The quantitative estimate of drug-likeness (QED) is 0.188. The number of benzene rings is 7. The van der Waals surface area contributed by atoms with Crippen molar-refractivity contribution in [2.75, 3.05) is 4.90 Å². The number of thiophene rings is 1. The van der Waals surface area contributed by atoms with E-state index in [1.807, 2.05) is 23.5 Å². The molecule has 0 aliphatic rings. The van der Waals surface area contributed by atoms with Crippen molar-refractivity contribution < 1.29 is 4.42 Å². The number of furan rings is 1. The molecule has 0 aliphatic carbocycles. The number of rotatable bonds is 4. The van der Waals surface area contributed by atoms with Crippen LogP contribution in [-0.2, 0) is 0 Å². The van der Waals surface area contributed by atoms with Gasteiger partial charge in [-0.1, -0.05) is 66.7 Å². The van der Waals surface area contributed by atoms with Gasteiger partial charge in [-0.2, -0.15) is 0 Å². The largest absolute Gasteiger partial charge is 0.456 e. The molecule has 4 heteroatoms. The van der Waals surface area contributed by atoms with E-state index >= 15 is 0 Å². The van der Waals surface area contributed by atoms with Gasteiger partial charge in [0.1, 0.15) is 11.2 Å². The highest BCUT2D eigenvalue weighted by molar-refractivity contribution is 7.25. The maximum Gasteiger partial charge on any atom is 0.136 e. The summed E-state index contributed by atoms with van der Waals surface area (Å²) in [4.78, 5) is 2.38. The monoisotopic (exact) mass is 656 g/mol. The van der Waals surface area contributed by atoms with Crippen LogP contribution in [0.25, 0.3) is 80.3 Å². The summed E-state index contributed by atoms with van der Waals surface area (Å²) in [5.41, 5.74) is 8.74. The third-order valence-corrected chi connectivity index (χ3v) is 11.3. The third-order valence-electron chi connectivity index (χ3n) is 10.1. The smallest absolute Gasteiger partial charge is 0.136 e. The van der Waals surface area contributed by atoms with Crippen molar-refractivity contribution in [2.24, 2.45) is 0 Å². The Balaban J connectivity index is 1.09. The second kappa shape index (κ2) is 10.6. The molecule has 0 N–H and O–H groups in total.